The van der Waals surface area contributed by atoms with Crippen LogP contribution in [-0.2, 0) is 16.0 Å². The van der Waals surface area contributed by atoms with Crippen molar-refractivity contribution in [1.29, 1.82) is 0 Å². The molecule has 1 amide bonds. The first kappa shape index (κ1) is 16.3. The second-order valence-corrected chi connectivity index (χ2v) is 5.71. The van der Waals surface area contributed by atoms with Gasteiger partial charge in [0.05, 0.1) is 32.4 Å². The number of hydrogen-bond donors (Lipinski definition) is 1. The predicted octanol–water partition coefficient (Wildman–Crippen LogP) is 1.81. The minimum Gasteiger partial charge on any atom is -0.497 e. The van der Waals surface area contributed by atoms with E-state index in [1.54, 1.807) is 13.2 Å². The Morgan fingerprint density at radius 2 is 2.12 bits per heavy atom. The quantitative estimate of drug-likeness (QED) is 0.927. The lowest BCUT2D eigenvalue weighted by molar-refractivity contribution is -0.138. The molecule has 1 atom stereocenters. The number of nitrogens with two attached hydrogens (primary N) is 1. The lowest BCUT2D eigenvalue weighted by atomic mass is 10.1. The highest BCUT2D eigenvalue weighted by Crippen LogP contribution is 2.22. The maximum atomic E-state index is 12.6. The van der Waals surface area contributed by atoms with E-state index in [1.807, 2.05) is 41.3 Å². The van der Waals surface area contributed by atoms with Gasteiger partial charge < -0.3 is 20.1 Å². The van der Waals surface area contributed by atoms with E-state index in [-0.39, 0.29) is 12.0 Å². The van der Waals surface area contributed by atoms with Crippen LogP contribution in [0.3, 0.4) is 0 Å². The molecule has 24 heavy (non-hydrogen) atoms. The SMILES string of the molecule is COc1ccc(CC(=O)N2CCOC(c3cccc(N)n3)C2)cc1. The monoisotopic (exact) mass is 327 g/mol. The number of ether oxygens (including phenoxy) is 2. The number of methoxy groups -OCH3 is 1. The zero-order valence-electron chi connectivity index (χ0n) is 13.6. The van der Waals surface area contributed by atoms with E-state index in [1.165, 1.54) is 0 Å². The van der Waals surface area contributed by atoms with Crippen LogP contribution in [0.4, 0.5) is 5.82 Å². The summed E-state index contributed by atoms with van der Waals surface area (Å²) in [5.41, 5.74) is 7.45. The molecule has 3 rings (SSSR count). The fraction of sp³-hybridized carbons (Fsp3) is 0.333. The molecule has 2 N–H and O–H groups in total. The van der Waals surface area contributed by atoms with Crippen molar-refractivity contribution in [3.63, 3.8) is 0 Å². The topological polar surface area (TPSA) is 77.7 Å². The Morgan fingerprint density at radius 3 is 2.83 bits per heavy atom. The average Bonchev–Trinajstić information content (AvgIpc) is 2.62. The second kappa shape index (κ2) is 7.31. The van der Waals surface area contributed by atoms with Crippen molar-refractivity contribution in [2.24, 2.45) is 0 Å². The summed E-state index contributed by atoms with van der Waals surface area (Å²) in [6.45, 7) is 1.58. The van der Waals surface area contributed by atoms with Crippen molar-refractivity contribution in [3.05, 3.63) is 53.7 Å². The van der Waals surface area contributed by atoms with Gasteiger partial charge in [-0.1, -0.05) is 18.2 Å². The zero-order valence-corrected chi connectivity index (χ0v) is 13.6. The number of nitrogens with zero attached hydrogens (tertiary/aromatic N) is 2. The first-order chi connectivity index (χ1) is 11.7. The third-order valence-electron chi connectivity index (χ3n) is 4.06. The molecular formula is C18H21N3O3. The molecule has 126 valence electrons. The van der Waals surface area contributed by atoms with Crippen molar-refractivity contribution in [3.8, 4) is 5.75 Å². The molecule has 0 saturated carbocycles. The van der Waals surface area contributed by atoms with Crippen LogP contribution in [-0.4, -0.2) is 42.6 Å². The number of hydrogen-bond acceptors (Lipinski definition) is 5. The van der Waals surface area contributed by atoms with E-state index in [9.17, 15) is 4.79 Å². The number of pyridine rings is 1. The van der Waals surface area contributed by atoms with E-state index >= 15 is 0 Å². The summed E-state index contributed by atoms with van der Waals surface area (Å²) < 4.78 is 10.9. The van der Waals surface area contributed by atoms with Gasteiger partial charge in [0.2, 0.25) is 5.91 Å². The van der Waals surface area contributed by atoms with Gasteiger partial charge in [0, 0.05) is 6.54 Å². The Hall–Kier alpha value is -2.60. The van der Waals surface area contributed by atoms with Crippen molar-refractivity contribution >= 4 is 11.7 Å². The van der Waals surface area contributed by atoms with Crippen molar-refractivity contribution in [1.82, 2.24) is 9.88 Å². The first-order valence-electron chi connectivity index (χ1n) is 7.90. The Kier molecular flexibility index (Phi) is 4.96. The smallest absolute Gasteiger partial charge is 0.227 e. The highest BCUT2D eigenvalue weighted by Gasteiger charge is 2.26. The third kappa shape index (κ3) is 3.83. The summed E-state index contributed by atoms with van der Waals surface area (Å²) in [5.74, 6) is 1.32. The normalized spacial score (nSPS) is 17.5. The maximum Gasteiger partial charge on any atom is 0.227 e. The minimum absolute atomic E-state index is 0.0809. The van der Waals surface area contributed by atoms with Crippen LogP contribution < -0.4 is 10.5 Å². The minimum atomic E-state index is -0.234. The summed E-state index contributed by atoms with van der Waals surface area (Å²) in [7, 11) is 1.62. The van der Waals surface area contributed by atoms with Gasteiger partial charge in [-0.3, -0.25) is 4.79 Å². The molecule has 0 spiro atoms. The van der Waals surface area contributed by atoms with E-state index in [2.05, 4.69) is 4.98 Å². The maximum absolute atomic E-state index is 12.6. The molecule has 1 aromatic carbocycles. The predicted molar refractivity (Wildman–Crippen MR) is 90.6 cm³/mol. The first-order valence-corrected chi connectivity index (χ1v) is 7.90. The molecule has 1 aliphatic heterocycles. The molecule has 2 aromatic rings. The van der Waals surface area contributed by atoms with Gasteiger partial charge in [-0.15, -0.1) is 0 Å². The van der Waals surface area contributed by atoms with Gasteiger partial charge in [0.25, 0.3) is 0 Å². The van der Waals surface area contributed by atoms with Crippen LogP contribution in [0, 0.1) is 0 Å². The number of morpholine rings is 1. The van der Waals surface area contributed by atoms with Crippen LogP contribution in [0.2, 0.25) is 0 Å². The second-order valence-electron chi connectivity index (χ2n) is 5.71. The van der Waals surface area contributed by atoms with Crippen LogP contribution >= 0.6 is 0 Å². The fourth-order valence-corrected chi connectivity index (χ4v) is 2.73. The number of rotatable bonds is 4. The largest absolute Gasteiger partial charge is 0.497 e. The van der Waals surface area contributed by atoms with Crippen molar-refractivity contribution in [2.75, 3.05) is 32.5 Å². The van der Waals surface area contributed by atoms with Crippen molar-refractivity contribution < 1.29 is 14.3 Å². The van der Waals surface area contributed by atoms with Crippen molar-refractivity contribution in [2.45, 2.75) is 12.5 Å². The van der Waals surface area contributed by atoms with Crippen LogP contribution in [0.15, 0.2) is 42.5 Å². The van der Waals surface area contributed by atoms with E-state index in [0.717, 1.165) is 17.0 Å². The average molecular weight is 327 g/mol. The fourth-order valence-electron chi connectivity index (χ4n) is 2.73. The Labute approximate surface area is 141 Å². The van der Waals surface area contributed by atoms with E-state index < -0.39 is 0 Å². The van der Waals surface area contributed by atoms with Crippen LogP contribution in [0.1, 0.15) is 17.4 Å². The third-order valence-corrected chi connectivity index (χ3v) is 4.06. The van der Waals surface area contributed by atoms with E-state index in [4.69, 9.17) is 15.2 Å². The molecule has 1 aromatic heterocycles. The molecule has 0 bridgehead atoms. The summed E-state index contributed by atoms with van der Waals surface area (Å²) in [6, 6.07) is 13.0. The van der Waals surface area contributed by atoms with Gasteiger partial charge in [0.15, 0.2) is 0 Å². The summed E-state index contributed by atoms with van der Waals surface area (Å²) in [6.07, 6.45) is 0.128. The number of carbonyl (C=O) groups excluding carboxylic acids is 1. The molecule has 1 saturated heterocycles. The van der Waals surface area contributed by atoms with E-state index in [0.29, 0.717) is 31.9 Å². The van der Waals surface area contributed by atoms with Gasteiger partial charge >= 0.3 is 0 Å². The summed E-state index contributed by atoms with van der Waals surface area (Å²) in [5, 5.41) is 0. The Bertz CT molecular complexity index is 703. The molecule has 0 radical (unpaired) electrons. The molecule has 1 aliphatic rings. The molecule has 1 unspecified atom stereocenters. The summed E-state index contributed by atoms with van der Waals surface area (Å²) >= 11 is 0. The number of aromatic nitrogens is 1. The highest BCUT2D eigenvalue weighted by atomic mass is 16.5. The molecular weight excluding hydrogens is 306 g/mol. The highest BCUT2D eigenvalue weighted by molar-refractivity contribution is 5.79. The number of amides is 1. The Morgan fingerprint density at radius 1 is 1.33 bits per heavy atom. The standard InChI is InChI=1S/C18H21N3O3/c1-23-14-7-5-13(6-8-14)11-18(22)21-9-10-24-16(12-21)15-3-2-4-17(19)20-15/h2-8,16H,9-12H2,1H3,(H2,19,20). The number of anilines is 1. The molecule has 6 heteroatoms. The Balaban J connectivity index is 1.64. The lowest BCUT2D eigenvalue weighted by Crippen LogP contribution is -2.43. The van der Waals surface area contributed by atoms with Crippen LogP contribution in [0.5, 0.6) is 5.75 Å². The lowest BCUT2D eigenvalue weighted by Gasteiger charge is -2.32. The van der Waals surface area contributed by atoms with Gasteiger partial charge in [0.1, 0.15) is 17.7 Å². The van der Waals surface area contributed by atoms with Gasteiger partial charge in [-0.2, -0.15) is 0 Å². The molecule has 1 fully saturated rings. The van der Waals surface area contributed by atoms with Gasteiger partial charge in [-0.05, 0) is 29.8 Å². The number of benzene rings is 1. The molecule has 0 aliphatic carbocycles. The van der Waals surface area contributed by atoms with Crippen LogP contribution in [0.25, 0.3) is 0 Å². The van der Waals surface area contributed by atoms with Gasteiger partial charge in [-0.25, -0.2) is 4.98 Å². The number of nitrogen functional groups attached to an aromatic ring is 1. The number of carbonyl (C=O) groups is 1. The zero-order chi connectivity index (χ0) is 16.9. The summed E-state index contributed by atoms with van der Waals surface area (Å²) in [4.78, 5) is 18.7. The molecule has 2 heterocycles. The molecule has 6 nitrogen and oxygen atoms in total.